The normalized spacial score (nSPS) is 21.7. The third-order valence-corrected chi connectivity index (χ3v) is 6.14. The van der Waals surface area contributed by atoms with Gasteiger partial charge in [-0.25, -0.2) is 8.42 Å². The van der Waals surface area contributed by atoms with Gasteiger partial charge in [0.25, 0.3) is 5.91 Å². The molecular formula is C17H19N3O5S. The molecule has 0 bridgehead atoms. The van der Waals surface area contributed by atoms with Crippen molar-refractivity contribution in [2.24, 2.45) is 0 Å². The van der Waals surface area contributed by atoms with Crippen LogP contribution in [0.1, 0.15) is 10.4 Å². The van der Waals surface area contributed by atoms with Crippen LogP contribution in [0.15, 0.2) is 29.2 Å². The van der Waals surface area contributed by atoms with E-state index in [4.69, 9.17) is 11.2 Å². The number of rotatable bonds is 3. The number of terminal acetylenes is 1. The number of benzene rings is 1. The summed E-state index contributed by atoms with van der Waals surface area (Å²) in [6, 6.07) is 5.31. The average molecular weight is 377 g/mol. The van der Waals surface area contributed by atoms with Gasteiger partial charge in [-0.15, -0.1) is 6.42 Å². The standard InChI is InChI=1S/C17H19N3O5S/c1-2-14-12-25-9-8-20(14)17(22)13-4-3-5-15(10-13)26(23,24)19-7-6-18-16(21)11-19/h1,3-5,10,14H,6-9,11-12H2,(H,18,21)/t14-/m0/s1. The molecule has 1 N–H and O–H groups in total. The highest BCUT2D eigenvalue weighted by Crippen LogP contribution is 2.20. The summed E-state index contributed by atoms with van der Waals surface area (Å²) in [5.41, 5.74) is 0.231. The van der Waals surface area contributed by atoms with Crippen LogP contribution in [0.2, 0.25) is 0 Å². The second kappa shape index (κ2) is 7.45. The lowest BCUT2D eigenvalue weighted by atomic mass is 10.1. The van der Waals surface area contributed by atoms with Crippen LogP contribution in [0.25, 0.3) is 0 Å². The molecule has 0 aliphatic carbocycles. The maximum atomic E-state index is 12.8. The minimum absolute atomic E-state index is 0.0245. The summed E-state index contributed by atoms with van der Waals surface area (Å²) < 4.78 is 31.9. The van der Waals surface area contributed by atoms with Crippen LogP contribution in [0.4, 0.5) is 0 Å². The summed E-state index contributed by atoms with van der Waals surface area (Å²) in [5, 5.41) is 2.58. The van der Waals surface area contributed by atoms with Gasteiger partial charge in [-0.05, 0) is 18.2 Å². The molecular weight excluding hydrogens is 358 g/mol. The summed E-state index contributed by atoms with van der Waals surface area (Å²) >= 11 is 0. The Kier molecular flexibility index (Phi) is 5.27. The molecule has 0 aromatic heterocycles. The number of ether oxygens (including phenoxy) is 1. The summed E-state index contributed by atoms with van der Waals surface area (Å²) in [6.07, 6.45) is 5.45. The van der Waals surface area contributed by atoms with E-state index in [1.165, 1.54) is 23.1 Å². The van der Waals surface area contributed by atoms with Gasteiger partial charge in [-0.3, -0.25) is 9.59 Å². The Hall–Kier alpha value is -2.41. The number of carbonyl (C=O) groups is 2. The highest BCUT2D eigenvalue weighted by atomic mass is 32.2. The molecule has 26 heavy (non-hydrogen) atoms. The van der Waals surface area contributed by atoms with Crippen LogP contribution in [-0.2, 0) is 19.6 Å². The van der Waals surface area contributed by atoms with E-state index in [1.54, 1.807) is 6.07 Å². The summed E-state index contributed by atoms with van der Waals surface area (Å²) in [5.74, 6) is 1.82. The van der Waals surface area contributed by atoms with Crippen molar-refractivity contribution in [3.05, 3.63) is 29.8 Å². The maximum Gasteiger partial charge on any atom is 0.255 e. The number of carbonyl (C=O) groups excluding carboxylic acids is 2. The first-order chi connectivity index (χ1) is 12.4. The van der Waals surface area contributed by atoms with Gasteiger partial charge < -0.3 is 15.0 Å². The molecule has 1 atom stereocenters. The molecule has 2 saturated heterocycles. The van der Waals surface area contributed by atoms with Crippen LogP contribution in [0, 0.1) is 12.3 Å². The second-order valence-electron chi connectivity index (χ2n) is 5.97. The van der Waals surface area contributed by atoms with E-state index in [1.807, 2.05) is 0 Å². The minimum Gasteiger partial charge on any atom is -0.376 e. The molecule has 2 fully saturated rings. The topological polar surface area (TPSA) is 96.0 Å². The van der Waals surface area contributed by atoms with Crippen LogP contribution >= 0.6 is 0 Å². The number of morpholine rings is 1. The van der Waals surface area contributed by atoms with Crippen molar-refractivity contribution >= 4 is 21.8 Å². The molecule has 0 saturated carbocycles. The van der Waals surface area contributed by atoms with Crippen molar-refractivity contribution in [3.8, 4) is 12.3 Å². The molecule has 0 spiro atoms. The maximum absolute atomic E-state index is 12.8. The van der Waals surface area contributed by atoms with Crippen molar-refractivity contribution < 1.29 is 22.7 Å². The predicted octanol–water partition coefficient (Wildman–Crippen LogP) is -0.719. The van der Waals surface area contributed by atoms with E-state index >= 15 is 0 Å². The fraction of sp³-hybridized carbons (Fsp3) is 0.412. The monoisotopic (exact) mass is 377 g/mol. The Morgan fingerprint density at radius 2 is 2.15 bits per heavy atom. The van der Waals surface area contributed by atoms with Gasteiger partial charge in [-0.1, -0.05) is 12.0 Å². The van der Waals surface area contributed by atoms with E-state index in [9.17, 15) is 18.0 Å². The third-order valence-electron chi connectivity index (χ3n) is 4.30. The minimum atomic E-state index is -3.86. The van der Waals surface area contributed by atoms with Crippen LogP contribution < -0.4 is 5.32 Å². The molecule has 2 aliphatic heterocycles. The van der Waals surface area contributed by atoms with Crippen molar-refractivity contribution in [2.45, 2.75) is 10.9 Å². The van der Waals surface area contributed by atoms with Crippen LogP contribution in [-0.4, -0.2) is 74.9 Å². The Morgan fingerprint density at radius 3 is 2.88 bits per heavy atom. The molecule has 2 aliphatic rings. The molecule has 1 aromatic carbocycles. The van der Waals surface area contributed by atoms with Crippen LogP contribution in [0.3, 0.4) is 0 Å². The SMILES string of the molecule is C#C[C@H]1COCCN1C(=O)c1cccc(S(=O)(=O)N2CCNC(=O)C2)c1. The van der Waals surface area contributed by atoms with Gasteiger partial charge in [0.15, 0.2) is 0 Å². The van der Waals surface area contributed by atoms with Gasteiger partial charge in [0.05, 0.1) is 24.7 Å². The van der Waals surface area contributed by atoms with E-state index < -0.39 is 16.1 Å². The molecule has 2 amide bonds. The smallest absolute Gasteiger partial charge is 0.255 e. The van der Waals surface area contributed by atoms with Gasteiger partial charge in [0.1, 0.15) is 6.04 Å². The van der Waals surface area contributed by atoms with Crippen LogP contribution in [0.5, 0.6) is 0 Å². The van der Waals surface area contributed by atoms with Gasteiger partial charge in [0, 0.05) is 25.2 Å². The molecule has 1 aromatic rings. The third kappa shape index (κ3) is 3.58. The highest BCUT2D eigenvalue weighted by Gasteiger charge is 2.31. The predicted molar refractivity (Wildman–Crippen MR) is 92.7 cm³/mol. The first-order valence-electron chi connectivity index (χ1n) is 8.15. The average Bonchev–Trinajstić information content (AvgIpc) is 2.67. The fourth-order valence-corrected chi connectivity index (χ4v) is 4.35. The summed E-state index contributed by atoms with van der Waals surface area (Å²) in [4.78, 5) is 25.8. The van der Waals surface area contributed by atoms with Crippen molar-refractivity contribution in [3.63, 3.8) is 0 Å². The highest BCUT2D eigenvalue weighted by molar-refractivity contribution is 7.89. The molecule has 138 valence electrons. The Labute approximate surface area is 152 Å². The number of nitrogens with one attached hydrogen (secondary N) is 1. The summed E-state index contributed by atoms with van der Waals surface area (Å²) in [7, 11) is -3.86. The largest absolute Gasteiger partial charge is 0.376 e. The first-order valence-corrected chi connectivity index (χ1v) is 9.59. The molecule has 9 heteroatoms. The van der Waals surface area contributed by atoms with E-state index in [-0.39, 0.29) is 48.5 Å². The van der Waals surface area contributed by atoms with E-state index in [2.05, 4.69) is 11.2 Å². The van der Waals surface area contributed by atoms with Crippen molar-refractivity contribution in [1.29, 1.82) is 0 Å². The molecule has 0 radical (unpaired) electrons. The zero-order valence-corrected chi connectivity index (χ0v) is 14.9. The molecule has 0 unspecified atom stereocenters. The van der Waals surface area contributed by atoms with Crippen molar-refractivity contribution in [1.82, 2.24) is 14.5 Å². The second-order valence-corrected chi connectivity index (χ2v) is 7.91. The lowest BCUT2D eigenvalue weighted by molar-refractivity contribution is -0.122. The van der Waals surface area contributed by atoms with E-state index in [0.717, 1.165) is 4.31 Å². The molecule has 3 rings (SSSR count). The lowest BCUT2D eigenvalue weighted by Crippen LogP contribution is -2.50. The lowest BCUT2D eigenvalue weighted by Gasteiger charge is -2.32. The van der Waals surface area contributed by atoms with E-state index in [0.29, 0.717) is 13.2 Å². The number of hydrogen-bond donors (Lipinski definition) is 1. The number of hydrogen-bond acceptors (Lipinski definition) is 5. The van der Waals surface area contributed by atoms with Crippen molar-refractivity contribution in [2.75, 3.05) is 39.4 Å². The quantitative estimate of drug-likeness (QED) is 0.702. The Balaban J connectivity index is 1.87. The number of amides is 2. The number of sulfonamides is 1. The van der Waals surface area contributed by atoms with Gasteiger partial charge >= 0.3 is 0 Å². The number of piperazine rings is 1. The van der Waals surface area contributed by atoms with Gasteiger partial charge in [0.2, 0.25) is 15.9 Å². The molecule has 8 nitrogen and oxygen atoms in total. The Morgan fingerprint density at radius 1 is 1.35 bits per heavy atom. The fourth-order valence-electron chi connectivity index (χ4n) is 2.91. The zero-order chi connectivity index (χ0) is 18.7. The van der Waals surface area contributed by atoms with Gasteiger partial charge in [-0.2, -0.15) is 4.31 Å². The Bertz CT molecular complexity index is 861. The number of nitrogens with zero attached hydrogens (tertiary/aromatic N) is 2. The first kappa shape index (κ1) is 18.4. The summed E-state index contributed by atoms with van der Waals surface area (Å²) in [6.45, 7) is 1.19. The zero-order valence-electron chi connectivity index (χ0n) is 14.1. The molecule has 2 heterocycles.